The van der Waals surface area contributed by atoms with Crippen LogP contribution in [0.1, 0.15) is 24.4 Å². The normalized spacial score (nSPS) is 25.9. The number of nitrogens with zero attached hydrogens (tertiary/aromatic N) is 1. The standard InChI is InChI=1S/C18H26ClN3O4S/c1-26-14-6-4-13(5-7-14)17(22-8-2-3-9-22)10-20-18(23)21-16-12-27(24,25)11-15(16)19/h4-7,15-17H,2-3,8-12H2,1H3,(H2,20,21,23)/t15-,16-,17+/m1/s1. The Bertz CT molecular complexity index is 750. The highest BCUT2D eigenvalue weighted by molar-refractivity contribution is 7.91. The van der Waals surface area contributed by atoms with Crippen LogP contribution in [0.5, 0.6) is 5.75 Å². The van der Waals surface area contributed by atoms with Crippen molar-refractivity contribution in [1.29, 1.82) is 0 Å². The van der Waals surface area contributed by atoms with Crippen LogP contribution in [0, 0.1) is 0 Å². The van der Waals surface area contributed by atoms with Crippen LogP contribution in [0.15, 0.2) is 24.3 Å². The first kappa shape index (κ1) is 20.2. The van der Waals surface area contributed by atoms with Gasteiger partial charge in [0, 0.05) is 6.54 Å². The minimum atomic E-state index is -3.18. The van der Waals surface area contributed by atoms with Crippen molar-refractivity contribution in [1.82, 2.24) is 15.5 Å². The number of rotatable bonds is 6. The molecule has 2 fully saturated rings. The zero-order valence-electron chi connectivity index (χ0n) is 15.4. The molecule has 0 saturated carbocycles. The lowest BCUT2D eigenvalue weighted by atomic mass is 10.1. The van der Waals surface area contributed by atoms with Gasteiger partial charge in [-0.2, -0.15) is 0 Å². The average Bonchev–Trinajstić information content (AvgIpc) is 3.23. The molecule has 0 spiro atoms. The molecule has 1 aromatic rings. The van der Waals surface area contributed by atoms with Gasteiger partial charge >= 0.3 is 6.03 Å². The third-order valence-electron chi connectivity index (χ3n) is 5.14. The molecule has 1 aromatic carbocycles. The summed E-state index contributed by atoms with van der Waals surface area (Å²) >= 11 is 6.06. The van der Waals surface area contributed by atoms with E-state index in [9.17, 15) is 13.2 Å². The summed E-state index contributed by atoms with van der Waals surface area (Å²) in [7, 11) is -1.55. The predicted octanol–water partition coefficient (Wildman–Crippen LogP) is 1.54. The van der Waals surface area contributed by atoms with Gasteiger partial charge in [-0.05, 0) is 43.6 Å². The second kappa shape index (κ2) is 8.67. The topological polar surface area (TPSA) is 87.7 Å². The van der Waals surface area contributed by atoms with Gasteiger partial charge in [0.05, 0.1) is 36.1 Å². The number of carbonyl (C=O) groups is 1. The van der Waals surface area contributed by atoms with Crippen LogP contribution < -0.4 is 15.4 Å². The number of nitrogens with one attached hydrogen (secondary N) is 2. The summed E-state index contributed by atoms with van der Waals surface area (Å²) in [6.45, 7) is 2.42. The van der Waals surface area contributed by atoms with E-state index in [1.54, 1.807) is 7.11 Å². The zero-order valence-corrected chi connectivity index (χ0v) is 16.9. The number of likely N-dealkylation sites (tertiary alicyclic amines) is 1. The van der Waals surface area contributed by atoms with Crippen LogP contribution in [0.25, 0.3) is 0 Å². The molecule has 7 nitrogen and oxygen atoms in total. The molecule has 2 aliphatic rings. The fourth-order valence-electron chi connectivity index (χ4n) is 3.68. The summed E-state index contributed by atoms with van der Waals surface area (Å²) in [5.74, 6) is 0.588. The van der Waals surface area contributed by atoms with E-state index in [0.29, 0.717) is 6.54 Å². The summed E-state index contributed by atoms with van der Waals surface area (Å²) in [4.78, 5) is 14.6. The molecule has 2 amide bonds. The summed E-state index contributed by atoms with van der Waals surface area (Å²) in [5.41, 5.74) is 1.11. The molecule has 0 bridgehead atoms. The van der Waals surface area contributed by atoms with Gasteiger partial charge in [0.2, 0.25) is 0 Å². The van der Waals surface area contributed by atoms with E-state index in [1.165, 1.54) is 0 Å². The summed E-state index contributed by atoms with van der Waals surface area (Å²) in [6, 6.07) is 6.98. The number of hydrogen-bond acceptors (Lipinski definition) is 5. The average molecular weight is 416 g/mol. The number of alkyl halides is 1. The Morgan fingerprint density at radius 1 is 1.26 bits per heavy atom. The number of amides is 2. The van der Waals surface area contributed by atoms with Gasteiger partial charge in [-0.1, -0.05) is 12.1 Å². The number of halogens is 1. The molecule has 9 heteroatoms. The Kier molecular flexibility index (Phi) is 6.49. The first-order valence-electron chi connectivity index (χ1n) is 9.15. The van der Waals surface area contributed by atoms with E-state index >= 15 is 0 Å². The van der Waals surface area contributed by atoms with Crippen LogP contribution in [0.2, 0.25) is 0 Å². The van der Waals surface area contributed by atoms with Crippen molar-refractivity contribution in [2.24, 2.45) is 0 Å². The molecule has 0 aromatic heterocycles. The lowest BCUT2D eigenvalue weighted by Gasteiger charge is -2.28. The molecule has 2 N–H and O–H groups in total. The van der Waals surface area contributed by atoms with Crippen molar-refractivity contribution in [3.63, 3.8) is 0 Å². The van der Waals surface area contributed by atoms with E-state index in [2.05, 4.69) is 15.5 Å². The lowest BCUT2D eigenvalue weighted by Crippen LogP contribution is -2.48. The first-order chi connectivity index (χ1) is 12.9. The second-order valence-corrected chi connectivity index (χ2v) is 9.80. The number of benzene rings is 1. The van der Waals surface area contributed by atoms with Crippen LogP contribution in [-0.4, -0.2) is 69.0 Å². The summed E-state index contributed by atoms with van der Waals surface area (Å²) in [5, 5.41) is 5.00. The van der Waals surface area contributed by atoms with Crippen LogP contribution in [0.3, 0.4) is 0 Å². The highest BCUT2D eigenvalue weighted by Crippen LogP contribution is 2.26. The van der Waals surface area contributed by atoms with Crippen LogP contribution >= 0.6 is 11.6 Å². The minimum Gasteiger partial charge on any atom is -0.497 e. The Morgan fingerprint density at radius 2 is 1.93 bits per heavy atom. The van der Waals surface area contributed by atoms with Gasteiger partial charge in [-0.3, -0.25) is 4.90 Å². The van der Waals surface area contributed by atoms with Gasteiger partial charge in [0.25, 0.3) is 0 Å². The number of sulfone groups is 1. The number of methoxy groups -OCH3 is 1. The largest absolute Gasteiger partial charge is 0.497 e. The third-order valence-corrected chi connectivity index (χ3v) is 7.51. The number of urea groups is 1. The van der Waals surface area contributed by atoms with Gasteiger partial charge < -0.3 is 15.4 Å². The molecule has 0 radical (unpaired) electrons. The Hall–Kier alpha value is -1.51. The van der Waals surface area contributed by atoms with Crippen LogP contribution in [-0.2, 0) is 9.84 Å². The maximum atomic E-state index is 12.3. The van der Waals surface area contributed by atoms with Crippen molar-refractivity contribution in [3.8, 4) is 5.75 Å². The van der Waals surface area contributed by atoms with E-state index in [1.807, 2.05) is 24.3 Å². The second-order valence-electron chi connectivity index (χ2n) is 7.09. The number of hydrogen-bond donors (Lipinski definition) is 2. The lowest BCUT2D eigenvalue weighted by molar-refractivity contribution is 0.219. The van der Waals surface area contributed by atoms with Crippen molar-refractivity contribution >= 4 is 27.5 Å². The SMILES string of the molecule is COc1ccc([C@H](CNC(=O)N[C@@H]2CS(=O)(=O)C[C@H]2Cl)N2CCCC2)cc1. The Balaban J connectivity index is 1.61. The molecular formula is C18H26ClN3O4S. The Labute approximate surface area is 165 Å². The third kappa shape index (κ3) is 5.27. The van der Waals surface area contributed by atoms with Crippen molar-refractivity contribution < 1.29 is 17.9 Å². The fraction of sp³-hybridized carbons (Fsp3) is 0.611. The maximum Gasteiger partial charge on any atom is 0.315 e. The van der Waals surface area contributed by atoms with E-state index < -0.39 is 21.3 Å². The van der Waals surface area contributed by atoms with Gasteiger partial charge in [0.15, 0.2) is 9.84 Å². The molecule has 3 atom stereocenters. The monoisotopic (exact) mass is 415 g/mol. The van der Waals surface area contributed by atoms with E-state index in [4.69, 9.17) is 16.3 Å². The highest BCUT2D eigenvalue weighted by Gasteiger charge is 2.37. The van der Waals surface area contributed by atoms with Gasteiger partial charge in [0.1, 0.15) is 5.75 Å². The quantitative estimate of drug-likeness (QED) is 0.688. The predicted molar refractivity (Wildman–Crippen MR) is 105 cm³/mol. The van der Waals surface area contributed by atoms with Crippen molar-refractivity contribution in [3.05, 3.63) is 29.8 Å². The molecule has 2 saturated heterocycles. The van der Waals surface area contributed by atoms with Gasteiger partial charge in [-0.25, -0.2) is 13.2 Å². The molecule has 2 aliphatic heterocycles. The van der Waals surface area contributed by atoms with Crippen molar-refractivity contribution in [2.45, 2.75) is 30.3 Å². The molecule has 150 valence electrons. The summed E-state index contributed by atoms with van der Waals surface area (Å²) in [6.07, 6.45) is 2.29. The molecule has 0 unspecified atom stereocenters. The van der Waals surface area contributed by atoms with Crippen molar-refractivity contribution in [2.75, 3.05) is 38.2 Å². The summed E-state index contributed by atoms with van der Waals surface area (Å²) < 4.78 is 28.5. The first-order valence-corrected chi connectivity index (χ1v) is 11.4. The van der Waals surface area contributed by atoms with Gasteiger partial charge in [-0.15, -0.1) is 11.6 Å². The smallest absolute Gasteiger partial charge is 0.315 e. The molecule has 3 rings (SSSR count). The highest BCUT2D eigenvalue weighted by atomic mass is 35.5. The zero-order chi connectivity index (χ0) is 19.4. The minimum absolute atomic E-state index is 0.0586. The molecule has 2 heterocycles. The van der Waals surface area contributed by atoms with Crippen LogP contribution in [0.4, 0.5) is 4.79 Å². The van der Waals surface area contributed by atoms with E-state index in [0.717, 1.165) is 37.2 Å². The molecular weight excluding hydrogens is 390 g/mol. The maximum absolute atomic E-state index is 12.3. The molecule has 0 aliphatic carbocycles. The number of carbonyl (C=O) groups excluding carboxylic acids is 1. The number of ether oxygens (including phenoxy) is 1. The molecule has 27 heavy (non-hydrogen) atoms. The fourth-order valence-corrected chi connectivity index (χ4v) is 6.23. The van der Waals surface area contributed by atoms with E-state index in [-0.39, 0.29) is 23.6 Å². The Morgan fingerprint density at radius 3 is 2.48 bits per heavy atom.